The first-order valence-corrected chi connectivity index (χ1v) is 8.03. The van der Waals surface area contributed by atoms with Crippen molar-refractivity contribution in [2.24, 2.45) is 0 Å². The van der Waals surface area contributed by atoms with E-state index in [2.05, 4.69) is 0 Å². The molecule has 0 fully saturated rings. The standard InChI is InChI=1S/C18H13ClO2S/c19-16-10-14(6-7-15(16)11-20)18-17(8-9-22-18)21-12-13-4-2-1-3-5-13/h1-11H,12H2. The monoisotopic (exact) mass is 328 g/mol. The van der Waals surface area contributed by atoms with E-state index in [-0.39, 0.29) is 0 Å². The predicted octanol–water partition coefficient (Wildman–Crippen LogP) is 5.46. The van der Waals surface area contributed by atoms with E-state index in [0.29, 0.717) is 17.2 Å². The first-order valence-electron chi connectivity index (χ1n) is 6.77. The van der Waals surface area contributed by atoms with Gasteiger partial charge in [0, 0.05) is 5.56 Å². The lowest BCUT2D eigenvalue weighted by Gasteiger charge is -2.08. The van der Waals surface area contributed by atoms with Gasteiger partial charge < -0.3 is 4.74 Å². The van der Waals surface area contributed by atoms with E-state index >= 15 is 0 Å². The first kappa shape index (κ1) is 14.8. The summed E-state index contributed by atoms with van der Waals surface area (Å²) < 4.78 is 5.91. The summed E-state index contributed by atoms with van der Waals surface area (Å²) in [7, 11) is 0. The lowest BCUT2D eigenvalue weighted by molar-refractivity contribution is 0.112. The van der Waals surface area contributed by atoms with Crippen LogP contribution in [0.15, 0.2) is 60.0 Å². The van der Waals surface area contributed by atoms with Crippen molar-refractivity contribution in [3.05, 3.63) is 76.1 Å². The molecule has 110 valence electrons. The maximum absolute atomic E-state index is 10.8. The van der Waals surface area contributed by atoms with Crippen LogP contribution in [0, 0.1) is 0 Å². The second kappa shape index (κ2) is 6.77. The molecular weight excluding hydrogens is 316 g/mol. The Morgan fingerprint density at radius 3 is 2.64 bits per heavy atom. The van der Waals surface area contributed by atoms with Gasteiger partial charge in [-0.25, -0.2) is 0 Å². The number of thiophene rings is 1. The molecule has 0 spiro atoms. The van der Waals surface area contributed by atoms with Gasteiger partial charge in [0.15, 0.2) is 6.29 Å². The van der Waals surface area contributed by atoms with Crippen LogP contribution >= 0.6 is 22.9 Å². The van der Waals surface area contributed by atoms with E-state index in [4.69, 9.17) is 16.3 Å². The number of carbonyl (C=O) groups is 1. The molecule has 0 saturated carbocycles. The zero-order valence-electron chi connectivity index (χ0n) is 11.7. The molecule has 0 aliphatic carbocycles. The number of hydrogen-bond donors (Lipinski definition) is 0. The van der Waals surface area contributed by atoms with Crippen molar-refractivity contribution in [3.8, 4) is 16.2 Å². The van der Waals surface area contributed by atoms with Crippen LogP contribution in [-0.2, 0) is 6.61 Å². The van der Waals surface area contributed by atoms with Crippen molar-refractivity contribution in [1.29, 1.82) is 0 Å². The van der Waals surface area contributed by atoms with E-state index in [1.807, 2.05) is 47.8 Å². The van der Waals surface area contributed by atoms with Gasteiger partial charge in [-0.05, 0) is 34.7 Å². The van der Waals surface area contributed by atoms with Crippen LogP contribution in [-0.4, -0.2) is 6.29 Å². The summed E-state index contributed by atoms with van der Waals surface area (Å²) >= 11 is 7.69. The molecule has 0 unspecified atom stereocenters. The number of halogens is 1. The summed E-state index contributed by atoms with van der Waals surface area (Å²) in [5.74, 6) is 0.823. The van der Waals surface area contributed by atoms with Gasteiger partial charge in [0.2, 0.25) is 0 Å². The Kier molecular flexibility index (Phi) is 4.56. The summed E-state index contributed by atoms with van der Waals surface area (Å²) in [4.78, 5) is 11.9. The second-order valence-electron chi connectivity index (χ2n) is 4.74. The number of ether oxygens (including phenoxy) is 1. The molecule has 3 aromatic rings. The molecule has 4 heteroatoms. The highest BCUT2D eigenvalue weighted by atomic mass is 35.5. The Labute approximate surface area is 137 Å². The lowest BCUT2D eigenvalue weighted by Crippen LogP contribution is -1.95. The molecule has 0 saturated heterocycles. The van der Waals surface area contributed by atoms with Gasteiger partial charge in [-0.1, -0.05) is 48.0 Å². The summed E-state index contributed by atoms with van der Waals surface area (Å²) in [5.41, 5.74) is 2.57. The van der Waals surface area contributed by atoms with E-state index in [9.17, 15) is 4.79 Å². The topological polar surface area (TPSA) is 26.3 Å². The number of benzene rings is 2. The predicted molar refractivity (Wildman–Crippen MR) is 90.9 cm³/mol. The highest BCUT2D eigenvalue weighted by Crippen LogP contribution is 2.37. The highest BCUT2D eigenvalue weighted by molar-refractivity contribution is 7.14. The number of aldehydes is 1. The third-order valence-electron chi connectivity index (χ3n) is 3.26. The number of rotatable bonds is 5. The van der Waals surface area contributed by atoms with Gasteiger partial charge in [0.05, 0.1) is 9.90 Å². The smallest absolute Gasteiger partial charge is 0.151 e. The Morgan fingerprint density at radius 2 is 1.91 bits per heavy atom. The Hall–Kier alpha value is -2.10. The van der Waals surface area contributed by atoms with Gasteiger partial charge in [-0.15, -0.1) is 11.3 Å². The van der Waals surface area contributed by atoms with E-state index in [0.717, 1.165) is 28.0 Å². The molecule has 0 amide bonds. The van der Waals surface area contributed by atoms with Gasteiger partial charge >= 0.3 is 0 Å². The fourth-order valence-corrected chi connectivity index (χ4v) is 3.18. The summed E-state index contributed by atoms with van der Waals surface area (Å²) in [6.45, 7) is 0.519. The molecule has 0 atom stereocenters. The molecule has 2 nitrogen and oxygen atoms in total. The van der Waals surface area contributed by atoms with E-state index < -0.39 is 0 Å². The van der Waals surface area contributed by atoms with E-state index in [1.54, 1.807) is 23.5 Å². The van der Waals surface area contributed by atoms with Crippen LogP contribution in [0.2, 0.25) is 5.02 Å². The molecular formula is C18H13ClO2S. The van der Waals surface area contributed by atoms with Crippen molar-refractivity contribution < 1.29 is 9.53 Å². The number of hydrogen-bond acceptors (Lipinski definition) is 3. The molecule has 0 N–H and O–H groups in total. The molecule has 0 bridgehead atoms. The Balaban J connectivity index is 1.83. The van der Waals surface area contributed by atoms with Gasteiger partial charge in [-0.2, -0.15) is 0 Å². The van der Waals surface area contributed by atoms with Crippen LogP contribution in [0.1, 0.15) is 15.9 Å². The SMILES string of the molecule is O=Cc1ccc(-c2sccc2OCc2ccccc2)cc1Cl. The first-order chi connectivity index (χ1) is 10.8. The van der Waals surface area contributed by atoms with E-state index in [1.165, 1.54) is 0 Å². The molecule has 2 aromatic carbocycles. The third kappa shape index (κ3) is 3.21. The van der Waals surface area contributed by atoms with Crippen molar-refractivity contribution in [1.82, 2.24) is 0 Å². The fraction of sp³-hybridized carbons (Fsp3) is 0.0556. The number of carbonyl (C=O) groups excluding carboxylic acids is 1. The fourth-order valence-electron chi connectivity index (χ4n) is 2.12. The zero-order chi connectivity index (χ0) is 15.4. The van der Waals surface area contributed by atoms with Crippen molar-refractivity contribution in [2.45, 2.75) is 6.61 Å². The average molecular weight is 329 g/mol. The third-order valence-corrected chi connectivity index (χ3v) is 4.53. The molecule has 1 aromatic heterocycles. The molecule has 0 aliphatic rings. The van der Waals surface area contributed by atoms with Crippen LogP contribution in [0.5, 0.6) is 5.75 Å². The van der Waals surface area contributed by atoms with Crippen LogP contribution in [0.4, 0.5) is 0 Å². The molecule has 22 heavy (non-hydrogen) atoms. The van der Waals surface area contributed by atoms with Gasteiger partial charge in [0.1, 0.15) is 12.4 Å². The summed E-state index contributed by atoms with van der Waals surface area (Å²) in [6.07, 6.45) is 0.757. The molecule has 3 rings (SSSR count). The van der Waals surface area contributed by atoms with Gasteiger partial charge in [0.25, 0.3) is 0 Å². The Morgan fingerprint density at radius 1 is 1.09 bits per heavy atom. The minimum atomic E-state index is 0.454. The summed E-state index contributed by atoms with van der Waals surface area (Å²) in [6, 6.07) is 17.4. The molecule has 0 radical (unpaired) electrons. The summed E-state index contributed by atoms with van der Waals surface area (Å²) in [5, 5.41) is 2.44. The average Bonchev–Trinajstić information content (AvgIpc) is 3.02. The van der Waals surface area contributed by atoms with Crippen molar-refractivity contribution in [3.63, 3.8) is 0 Å². The normalized spacial score (nSPS) is 10.4. The van der Waals surface area contributed by atoms with Crippen molar-refractivity contribution in [2.75, 3.05) is 0 Å². The molecule has 1 heterocycles. The van der Waals surface area contributed by atoms with Crippen LogP contribution in [0.3, 0.4) is 0 Å². The van der Waals surface area contributed by atoms with Crippen LogP contribution in [0.25, 0.3) is 10.4 Å². The van der Waals surface area contributed by atoms with Crippen molar-refractivity contribution >= 4 is 29.2 Å². The largest absolute Gasteiger partial charge is 0.487 e. The second-order valence-corrected chi connectivity index (χ2v) is 6.07. The highest BCUT2D eigenvalue weighted by Gasteiger charge is 2.10. The maximum Gasteiger partial charge on any atom is 0.151 e. The zero-order valence-corrected chi connectivity index (χ0v) is 13.2. The molecule has 0 aliphatic heterocycles. The Bertz CT molecular complexity index is 781. The lowest BCUT2D eigenvalue weighted by atomic mass is 10.1. The van der Waals surface area contributed by atoms with Crippen LogP contribution < -0.4 is 4.74 Å². The minimum absolute atomic E-state index is 0.454. The minimum Gasteiger partial charge on any atom is -0.487 e. The quantitative estimate of drug-likeness (QED) is 0.581. The maximum atomic E-state index is 10.8. The van der Waals surface area contributed by atoms with Gasteiger partial charge in [-0.3, -0.25) is 4.79 Å².